The lowest BCUT2D eigenvalue weighted by molar-refractivity contribution is -0.125. The Hall–Kier alpha value is -3.46. The second-order valence-corrected chi connectivity index (χ2v) is 10.4. The average molecular weight is 489 g/mol. The fourth-order valence-electron chi connectivity index (χ4n) is 5.88. The predicted molar refractivity (Wildman–Crippen MR) is 134 cm³/mol. The van der Waals surface area contributed by atoms with E-state index in [2.05, 4.69) is 38.1 Å². The maximum atomic E-state index is 13.3. The van der Waals surface area contributed by atoms with Gasteiger partial charge >= 0.3 is 0 Å². The van der Waals surface area contributed by atoms with Crippen molar-refractivity contribution in [3.8, 4) is 0 Å². The number of carbonyl (C=O) groups excluding carboxylic acids is 3. The molecule has 6 rings (SSSR count). The molecule has 1 atom stereocenters. The number of fused-ring (bicyclic) bond motifs is 1. The van der Waals surface area contributed by atoms with Crippen LogP contribution in [0.2, 0.25) is 0 Å². The zero-order chi connectivity index (χ0) is 24.8. The molecule has 1 aromatic carbocycles. The summed E-state index contributed by atoms with van der Waals surface area (Å²) in [4.78, 5) is 42.6. The van der Waals surface area contributed by atoms with Crippen LogP contribution in [0, 0.1) is 0 Å². The van der Waals surface area contributed by atoms with Gasteiger partial charge in [0.1, 0.15) is 6.04 Å². The third-order valence-corrected chi connectivity index (χ3v) is 8.18. The number of allylic oxidation sites excluding steroid dienone is 1. The van der Waals surface area contributed by atoms with Gasteiger partial charge in [-0.15, -0.1) is 0 Å². The topological polar surface area (TPSA) is 99.6 Å². The summed E-state index contributed by atoms with van der Waals surface area (Å²) in [6.45, 7) is 6.54. The summed E-state index contributed by atoms with van der Waals surface area (Å²) in [6.07, 6.45) is 11.2. The molecule has 1 unspecified atom stereocenters. The second-order valence-electron chi connectivity index (χ2n) is 10.4. The Bertz CT molecular complexity index is 1220. The molecule has 4 aliphatic rings. The number of hydrogen-bond donors (Lipinski definition) is 2. The first-order valence-corrected chi connectivity index (χ1v) is 13.0. The summed E-state index contributed by atoms with van der Waals surface area (Å²) in [5.41, 5.74) is 2.88. The third kappa shape index (κ3) is 4.01. The molecule has 1 saturated carbocycles. The SMILES string of the molecule is C=C1CCC(N2C(=O)c3cccc(NCc4cnn(C5CCN(C6CCC6)CC5)c4)c3C2=O)C(=O)N1. The van der Waals surface area contributed by atoms with Crippen molar-refractivity contribution in [2.45, 2.75) is 69.6 Å². The van der Waals surface area contributed by atoms with Crippen LogP contribution in [0.1, 0.15) is 77.3 Å². The molecule has 1 aromatic heterocycles. The van der Waals surface area contributed by atoms with E-state index in [0.717, 1.165) is 42.4 Å². The number of rotatable bonds is 6. The van der Waals surface area contributed by atoms with E-state index >= 15 is 0 Å². The van der Waals surface area contributed by atoms with Crippen LogP contribution in [0.3, 0.4) is 0 Å². The third-order valence-electron chi connectivity index (χ3n) is 8.18. The Morgan fingerprint density at radius 2 is 1.83 bits per heavy atom. The minimum absolute atomic E-state index is 0.329. The molecule has 4 heterocycles. The fraction of sp³-hybridized carbons (Fsp3) is 0.481. The van der Waals surface area contributed by atoms with Crippen molar-refractivity contribution in [1.82, 2.24) is 24.9 Å². The predicted octanol–water partition coefficient (Wildman–Crippen LogP) is 3.07. The van der Waals surface area contributed by atoms with Gasteiger partial charge in [0.05, 0.1) is 23.4 Å². The molecule has 188 valence electrons. The minimum Gasteiger partial charge on any atom is -0.380 e. The summed E-state index contributed by atoms with van der Waals surface area (Å²) >= 11 is 0. The van der Waals surface area contributed by atoms with Crippen LogP contribution in [0.25, 0.3) is 0 Å². The van der Waals surface area contributed by atoms with Crippen molar-refractivity contribution in [3.05, 3.63) is 59.6 Å². The van der Waals surface area contributed by atoms with Gasteiger partial charge in [-0.3, -0.25) is 24.0 Å². The van der Waals surface area contributed by atoms with Crippen molar-refractivity contribution in [2.24, 2.45) is 0 Å². The van der Waals surface area contributed by atoms with Crippen LogP contribution in [0.5, 0.6) is 0 Å². The van der Waals surface area contributed by atoms with E-state index in [4.69, 9.17) is 0 Å². The van der Waals surface area contributed by atoms with Crippen LogP contribution in [-0.2, 0) is 11.3 Å². The van der Waals surface area contributed by atoms with E-state index in [1.807, 2.05) is 6.20 Å². The van der Waals surface area contributed by atoms with Gasteiger partial charge < -0.3 is 15.5 Å². The normalized spacial score (nSPS) is 23.6. The molecule has 0 spiro atoms. The molecule has 9 heteroatoms. The van der Waals surface area contributed by atoms with E-state index in [1.165, 1.54) is 19.3 Å². The molecule has 1 aliphatic carbocycles. The number of amides is 3. The van der Waals surface area contributed by atoms with Crippen LogP contribution in [0.4, 0.5) is 5.69 Å². The van der Waals surface area contributed by atoms with E-state index in [9.17, 15) is 14.4 Å². The van der Waals surface area contributed by atoms with Gasteiger partial charge in [0.15, 0.2) is 0 Å². The van der Waals surface area contributed by atoms with E-state index in [-0.39, 0.29) is 5.91 Å². The standard InChI is InChI=1S/C27H32N6O3/c1-17-8-9-23(25(34)30-17)33-26(35)21-6-3-7-22(24(21)27(33)36)28-14-18-15-29-32(16-18)20-10-12-31(13-11-20)19-4-2-5-19/h3,6-7,15-16,19-20,23,28H,1-2,4-5,8-14H2,(H,30,34). The van der Waals surface area contributed by atoms with E-state index in [0.29, 0.717) is 47.9 Å². The number of aromatic nitrogens is 2. The van der Waals surface area contributed by atoms with Gasteiger partial charge in [0.2, 0.25) is 5.91 Å². The molecule has 36 heavy (non-hydrogen) atoms. The second kappa shape index (κ2) is 9.20. The first-order chi connectivity index (χ1) is 17.5. The Kier molecular flexibility index (Phi) is 5.87. The average Bonchev–Trinajstić information content (AvgIpc) is 3.41. The molecule has 2 saturated heterocycles. The number of nitrogens with one attached hydrogen (secondary N) is 2. The van der Waals surface area contributed by atoms with Gasteiger partial charge in [-0.25, -0.2) is 0 Å². The van der Waals surface area contributed by atoms with Gasteiger partial charge in [0, 0.05) is 48.8 Å². The molecule has 9 nitrogen and oxygen atoms in total. The molecule has 3 aliphatic heterocycles. The van der Waals surface area contributed by atoms with Crippen LogP contribution in [-0.4, -0.2) is 62.5 Å². The van der Waals surface area contributed by atoms with Gasteiger partial charge in [0.25, 0.3) is 11.8 Å². The van der Waals surface area contributed by atoms with E-state index < -0.39 is 17.9 Å². The van der Waals surface area contributed by atoms with Crippen molar-refractivity contribution >= 4 is 23.4 Å². The Balaban J connectivity index is 1.12. The highest BCUT2D eigenvalue weighted by Gasteiger charge is 2.45. The highest BCUT2D eigenvalue weighted by molar-refractivity contribution is 6.25. The summed E-state index contributed by atoms with van der Waals surface area (Å²) in [7, 11) is 0. The maximum absolute atomic E-state index is 13.3. The summed E-state index contributed by atoms with van der Waals surface area (Å²) in [5, 5.41) is 10.6. The number of likely N-dealkylation sites (tertiary alicyclic amines) is 1. The van der Waals surface area contributed by atoms with Crippen LogP contribution < -0.4 is 10.6 Å². The van der Waals surface area contributed by atoms with Crippen LogP contribution >= 0.6 is 0 Å². The number of nitrogens with zero attached hydrogens (tertiary/aromatic N) is 4. The molecular formula is C27H32N6O3. The maximum Gasteiger partial charge on any atom is 0.264 e. The summed E-state index contributed by atoms with van der Waals surface area (Å²) < 4.78 is 2.08. The molecule has 0 radical (unpaired) electrons. The Morgan fingerprint density at radius 1 is 1.03 bits per heavy atom. The Labute approximate surface area is 210 Å². The van der Waals surface area contributed by atoms with Crippen molar-refractivity contribution in [1.29, 1.82) is 0 Å². The number of anilines is 1. The molecule has 2 aromatic rings. The monoisotopic (exact) mass is 488 g/mol. The summed E-state index contributed by atoms with van der Waals surface area (Å²) in [6, 6.07) is 5.61. The zero-order valence-electron chi connectivity index (χ0n) is 20.4. The lowest BCUT2D eigenvalue weighted by Gasteiger charge is -2.41. The number of benzene rings is 1. The van der Waals surface area contributed by atoms with Gasteiger partial charge in [-0.05, 0) is 50.7 Å². The largest absolute Gasteiger partial charge is 0.380 e. The molecule has 3 fully saturated rings. The molecule has 2 N–H and O–H groups in total. The van der Waals surface area contributed by atoms with Crippen molar-refractivity contribution in [3.63, 3.8) is 0 Å². The molecular weight excluding hydrogens is 456 g/mol. The number of carbonyl (C=O) groups is 3. The highest BCUT2D eigenvalue weighted by atomic mass is 16.2. The highest BCUT2D eigenvalue weighted by Crippen LogP contribution is 2.34. The molecule has 0 bridgehead atoms. The van der Waals surface area contributed by atoms with Crippen LogP contribution in [0.15, 0.2) is 42.9 Å². The zero-order valence-corrected chi connectivity index (χ0v) is 20.4. The Morgan fingerprint density at radius 3 is 2.56 bits per heavy atom. The van der Waals surface area contributed by atoms with Gasteiger partial charge in [-0.2, -0.15) is 5.10 Å². The smallest absolute Gasteiger partial charge is 0.264 e. The fourth-order valence-corrected chi connectivity index (χ4v) is 5.88. The number of piperidine rings is 2. The lowest BCUT2D eigenvalue weighted by atomic mass is 9.89. The molecule has 3 amide bonds. The first-order valence-electron chi connectivity index (χ1n) is 13.0. The minimum atomic E-state index is -0.815. The first kappa shape index (κ1) is 23.0. The quantitative estimate of drug-likeness (QED) is 0.607. The summed E-state index contributed by atoms with van der Waals surface area (Å²) in [5.74, 6) is -1.21. The van der Waals surface area contributed by atoms with Crippen molar-refractivity contribution < 1.29 is 14.4 Å². The van der Waals surface area contributed by atoms with E-state index in [1.54, 1.807) is 18.2 Å². The lowest BCUT2D eigenvalue weighted by Crippen LogP contribution is -2.51. The number of hydrogen-bond acceptors (Lipinski definition) is 6. The van der Waals surface area contributed by atoms with Gasteiger partial charge in [-0.1, -0.05) is 19.1 Å². The number of imide groups is 1. The van der Waals surface area contributed by atoms with Crippen molar-refractivity contribution in [2.75, 3.05) is 18.4 Å².